The quantitative estimate of drug-likeness (QED) is 0.0594. The van der Waals surface area contributed by atoms with E-state index < -0.39 is 36.3 Å². The molecule has 350 valence electrons. The van der Waals surface area contributed by atoms with Crippen LogP contribution < -0.4 is 0 Å². The molecule has 0 unspecified atom stereocenters. The summed E-state index contributed by atoms with van der Waals surface area (Å²) in [4.78, 5) is 16.2. The van der Waals surface area contributed by atoms with Crippen LogP contribution in [0.15, 0.2) is 210 Å². The molecule has 17 heteroatoms. The molecule has 69 heavy (non-hydrogen) atoms. The molecule has 0 amide bonds. The Labute approximate surface area is 413 Å². The van der Waals surface area contributed by atoms with Gasteiger partial charge in [0.2, 0.25) is 21.1 Å². The molecule has 2 heterocycles. The summed E-state index contributed by atoms with van der Waals surface area (Å²) in [6, 6.07) is 39.2. The summed E-state index contributed by atoms with van der Waals surface area (Å²) in [6.45, 7) is 0. The van der Waals surface area contributed by atoms with Gasteiger partial charge in [0.1, 0.15) is 0 Å². The van der Waals surface area contributed by atoms with Crippen molar-refractivity contribution < 1.29 is 48.8 Å². The molecule has 0 bridgehead atoms. The number of hydrogen-bond acceptors (Lipinski definition) is 9. The number of carboxylic acids is 1. The number of carbonyl (C=O) groups is 1. The van der Waals surface area contributed by atoms with Crippen molar-refractivity contribution in [2.24, 2.45) is 0 Å². The molecule has 0 fully saturated rings. The second-order valence-electron chi connectivity index (χ2n) is 15.8. The Morgan fingerprint density at radius 3 is 1.77 bits per heavy atom. The van der Waals surface area contributed by atoms with Crippen LogP contribution in [0.25, 0.3) is 38.1 Å². The van der Waals surface area contributed by atoms with Crippen LogP contribution in [0.5, 0.6) is 0 Å². The van der Waals surface area contributed by atoms with Crippen LogP contribution in [0, 0.1) is 0 Å². The normalized spacial score (nSPS) is 15.9. The first-order valence-electron chi connectivity index (χ1n) is 21.1. The minimum atomic E-state index is -4.43. The highest BCUT2D eigenvalue weighted by atomic mass is 32.2. The summed E-state index contributed by atoms with van der Waals surface area (Å²) in [7, 11) is -13.2. The van der Waals surface area contributed by atoms with Crippen molar-refractivity contribution in [3.8, 4) is 21.6 Å². The number of allylic oxidation sites excluding steroid dienone is 8. The van der Waals surface area contributed by atoms with Gasteiger partial charge >= 0.3 is 5.97 Å². The molecule has 1 aliphatic carbocycles. The highest BCUT2D eigenvalue weighted by Crippen LogP contribution is 2.45. The van der Waals surface area contributed by atoms with Crippen LogP contribution in [0.3, 0.4) is 0 Å². The van der Waals surface area contributed by atoms with Gasteiger partial charge in [-0.25, -0.2) is 0 Å². The standard InChI is InChI=1S/C52H40O11S6/c53-51(54)29-34-9-19-43(20-10-34)66-52-39(11-21-44-30-41(32-49(64-44)37-5-2-1-3-6-37)35-13-23-46(24-14-35)67(55,56)57)7-4-8-40(52)12-22-45-31-42(36-15-25-47(26-16-36)68(58,59)60)33-50(65-45)38-17-27-48(28-18-38)69(61,62)63/h1-3,5-6,9-28,30-33H,4,7-8,29H2,(H3-,53,54,55,56,57,58,59,60,61,62,63)/p+1. The van der Waals surface area contributed by atoms with Crippen LogP contribution in [0.4, 0.5) is 0 Å². The molecule has 0 radical (unpaired) electrons. The SMILES string of the molecule is O=C(O)Cc1ccc(SC2=C(/C=C/c3cc(-c4ccc(S(=O)(=O)O)cc4)cc(-c4ccccc4)[s+]3)CCC/C2=C\C=C2/C=C(c3ccc(S(=O)(=O)O)cc3)C=C(c3ccc(S(=O)(=O)O)cc3)S2)cc1. The molecule has 1 aliphatic heterocycles. The fraction of sp³-hybridized carbons (Fsp3) is 0.0769. The van der Waals surface area contributed by atoms with E-state index in [9.17, 15) is 48.8 Å². The van der Waals surface area contributed by atoms with Gasteiger partial charge in [0.15, 0.2) is 0 Å². The summed E-state index contributed by atoms with van der Waals surface area (Å²) >= 11 is 4.62. The maximum Gasteiger partial charge on any atom is 0.307 e. The maximum atomic E-state index is 11.8. The van der Waals surface area contributed by atoms with E-state index in [0.29, 0.717) is 16.7 Å². The number of carboxylic acid groups (broad SMARTS) is 1. The summed E-state index contributed by atoms with van der Waals surface area (Å²) in [5.74, 6) is -0.923. The zero-order valence-electron chi connectivity index (χ0n) is 36.2. The third-order valence-electron chi connectivity index (χ3n) is 11.0. The Hall–Kier alpha value is -5.99. The number of rotatable bonds is 14. The van der Waals surface area contributed by atoms with E-state index in [1.54, 1.807) is 59.5 Å². The minimum Gasteiger partial charge on any atom is -0.481 e. The third-order valence-corrected chi connectivity index (χ3v) is 16.9. The average molecular weight is 1030 g/mol. The van der Waals surface area contributed by atoms with Crippen molar-refractivity contribution in [3.05, 3.63) is 212 Å². The average Bonchev–Trinajstić information content (AvgIpc) is 3.33. The van der Waals surface area contributed by atoms with Crippen molar-refractivity contribution >= 4 is 87.7 Å². The maximum absolute atomic E-state index is 11.8. The fourth-order valence-electron chi connectivity index (χ4n) is 7.54. The molecule has 2 aliphatic rings. The van der Waals surface area contributed by atoms with Crippen LogP contribution >= 0.6 is 34.9 Å². The largest absolute Gasteiger partial charge is 0.481 e. The summed E-state index contributed by atoms with van der Waals surface area (Å²) in [5.41, 5.74) is 7.49. The molecule has 11 nitrogen and oxygen atoms in total. The fourth-order valence-corrected chi connectivity index (χ4v) is 12.1. The Bertz CT molecular complexity index is 3480. The van der Waals surface area contributed by atoms with E-state index in [-0.39, 0.29) is 21.1 Å². The molecule has 0 saturated carbocycles. The van der Waals surface area contributed by atoms with Crippen molar-refractivity contribution in [2.45, 2.75) is 45.3 Å². The van der Waals surface area contributed by atoms with Crippen molar-refractivity contribution in [1.82, 2.24) is 0 Å². The molecule has 4 N–H and O–H groups in total. The minimum absolute atomic E-state index is 0.102. The highest BCUT2D eigenvalue weighted by Gasteiger charge is 2.22. The predicted octanol–water partition coefficient (Wildman–Crippen LogP) is 12.7. The lowest BCUT2D eigenvalue weighted by Gasteiger charge is -2.22. The lowest BCUT2D eigenvalue weighted by atomic mass is 9.94. The van der Waals surface area contributed by atoms with Gasteiger partial charge in [-0.3, -0.25) is 18.5 Å². The van der Waals surface area contributed by atoms with E-state index in [4.69, 9.17) is 0 Å². The first-order valence-corrected chi connectivity index (χ1v) is 27.8. The second-order valence-corrected chi connectivity index (χ2v) is 23.4. The smallest absolute Gasteiger partial charge is 0.307 e. The lowest BCUT2D eigenvalue weighted by molar-refractivity contribution is -0.136. The van der Waals surface area contributed by atoms with E-state index in [1.165, 1.54) is 48.2 Å². The van der Waals surface area contributed by atoms with Crippen molar-refractivity contribution in [3.63, 3.8) is 0 Å². The molecule has 0 atom stereocenters. The lowest BCUT2D eigenvalue weighted by Crippen LogP contribution is -2.01. The van der Waals surface area contributed by atoms with Gasteiger partial charge in [0.25, 0.3) is 30.4 Å². The van der Waals surface area contributed by atoms with Gasteiger partial charge in [-0.1, -0.05) is 102 Å². The first kappa shape index (κ1) is 49.4. The summed E-state index contributed by atoms with van der Waals surface area (Å²) < 4.78 is 99.8. The summed E-state index contributed by atoms with van der Waals surface area (Å²) in [5, 5.41) is 9.40. The Balaban J connectivity index is 1.21. The van der Waals surface area contributed by atoms with Crippen LogP contribution in [0.2, 0.25) is 0 Å². The first-order chi connectivity index (χ1) is 32.9. The molecule has 1 aromatic heterocycles. The number of thioether (sulfide) groups is 2. The zero-order chi connectivity index (χ0) is 48.9. The molecule has 8 rings (SSSR count). The number of benzene rings is 5. The molecule has 0 saturated heterocycles. The van der Waals surface area contributed by atoms with Crippen molar-refractivity contribution in [1.29, 1.82) is 0 Å². The van der Waals surface area contributed by atoms with E-state index >= 15 is 0 Å². The molecule has 6 aromatic rings. The Morgan fingerprint density at radius 2 is 1.19 bits per heavy atom. The molecule has 0 spiro atoms. The predicted molar refractivity (Wildman–Crippen MR) is 275 cm³/mol. The van der Waals surface area contributed by atoms with Crippen LogP contribution in [0.1, 0.15) is 40.8 Å². The molecular weight excluding hydrogens is 993 g/mol. The molecule has 5 aromatic carbocycles. The van der Waals surface area contributed by atoms with Crippen LogP contribution in [-0.2, 0) is 41.6 Å². The zero-order valence-corrected chi connectivity index (χ0v) is 41.1. The monoisotopic (exact) mass is 1030 g/mol. The van der Waals surface area contributed by atoms with Gasteiger partial charge in [0, 0.05) is 43.4 Å². The topological polar surface area (TPSA) is 200 Å². The Morgan fingerprint density at radius 1 is 0.609 bits per heavy atom. The van der Waals surface area contributed by atoms with E-state index in [2.05, 4.69) is 24.3 Å². The van der Waals surface area contributed by atoms with Crippen LogP contribution in [-0.4, -0.2) is 50.0 Å². The van der Waals surface area contributed by atoms with E-state index in [0.717, 1.165) is 82.0 Å². The van der Waals surface area contributed by atoms with Gasteiger partial charge in [-0.2, -0.15) is 25.3 Å². The van der Waals surface area contributed by atoms with E-state index in [1.807, 2.05) is 78.9 Å². The summed E-state index contributed by atoms with van der Waals surface area (Å²) in [6.07, 6.45) is 14.4. The van der Waals surface area contributed by atoms with Gasteiger partial charge in [-0.15, -0.1) is 0 Å². The number of aliphatic carboxylic acids is 1. The number of hydrogen-bond donors (Lipinski definition) is 4. The third kappa shape index (κ3) is 12.8. The Kier molecular flexibility index (Phi) is 15.0. The second kappa shape index (κ2) is 20.9. The van der Waals surface area contributed by atoms with Gasteiger partial charge in [-0.05, 0) is 143 Å². The molecular formula is C52H41O11S6+. The van der Waals surface area contributed by atoms with Crippen molar-refractivity contribution in [2.75, 3.05) is 0 Å². The highest BCUT2D eigenvalue weighted by molar-refractivity contribution is 8.12. The van der Waals surface area contributed by atoms with Gasteiger partial charge in [0.05, 0.1) is 21.1 Å². The van der Waals surface area contributed by atoms with Gasteiger partial charge < -0.3 is 5.11 Å².